The fourth-order valence-corrected chi connectivity index (χ4v) is 1.80. The van der Waals surface area contributed by atoms with Crippen LogP contribution in [0.25, 0.3) is 0 Å². The molecule has 5 heteroatoms. The molecule has 0 aromatic heterocycles. The van der Waals surface area contributed by atoms with Crippen LogP contribution in [0, 0.1) is 0 Å². The molecular formula is C10H23NO3P+. The first-order valence-electron chi connectivity index (χ1n) is 5.62. The van der Waals surface area contributed by atoms with Crippen LogP contribution >= 0.6 is 8.25 Å². The molecule has 1 fully saturated rings. The molecule has 0 aromatic rings. The van der Waals surface area contributed by atoms with Crippen molar-refractivity contribution < 1.29 is 13.6 Å². The van der Waals surface area contributed by atoms with E-state index in [1.807, 2.05) is 0 Å². The van der Waals surface area contributed by atoms with E-state index in [0.717, 1.165) is 0 Å². The molecule has 0 atom stereocenters. The van der Waals surface area contributed by atoms with E-state index >= 15 is 0 Å². The fourth-order valence-electron chi connectivity index (χ4n) is 1.30. The second-order valence-corrected chi connectivity index (χ2v) is 4.39. The van der Waals surface area contributed by atoms with Gasteiger partial charge in [0.25, 0.3) is 0 Å². The maximum absolute atomic E-state index is 10.3. The monoisotopic (exact) mass is 236 g/mol. The molecule has 1 rings (SSSR count). The molecule has 0 spiro atoms. The van der Waals surface area contributed by atoms with E-state index in [0.29, 0.717) is 13.2 Å². The zero-order valence-electron chi connectivity index (χ0n) is 10.1. The number of likely N-dealkylation sites (tertiary alicyclic amines) is 1. The molecule has 0 amide bonds. The zero-order valence-corrected chi connectivity index (χ0v) is 11.0. The Balaban J connectivity index is 0.000000262. The molecule has 0 aromatic carbocycles. The predicted octanol–water partition coefficient (Wildman–Crippen LogP) is 2.82. The highest BCUT2D eigenvalue weighted by molar-refractivity contribution is 7.33. The lowest BCUT2D eigenvalue weighted by Crippen LogP contribution is -2.24. The van der Waals surface area contributed by atoms with Gasteiger partial charge in [-0.05, 0) is 46.8 Å². The average Bonchev–Trinajstić information content (AvgIpc) is 2.20. The molecule has 1 heterocycles. The van der Waals surface area contributed by atoms with Crippen molar-refractivity contribution >= 4 is 8.25 Å². The molecule has 1 saturated heterocycles. The number of hydrogen-bond acceptors (Lipinski definition) is 4. The van der Waals surface area contributed by atoms with Crippen molar-refractivity contribution in [1.82, 2.24) is 4.90 Å². The minimum atomic E-state index is -1.83. The molecular weight excluding hydrogens is 213 g/mol. The molecule has 1 aliphatic heterocycles. The summed E-state index contributed by atoms with van der Waals surface area (Å²) in [6, 6.07) is 0. The first-order valence-corrected chi connectivity index (χ1v) is 6.71. The largest absolute Gasteiger partial charge is 0.697 e. The summed E-state index contributed by atoms with van der Waals surface area (Å²) < 4.78 is 19.5. The number of hydrogen-bond donors (Lipinski definition) is 0. The van der Waals surface area contributed by atoms with E-state index in [4.69, 9.17) is 0 Å². The van der Waals surface area contributed by atoms with Crippen LogP contribution in [0.15, 0.2) is 0 Å². The molecule has 1 aliphatic rings. The van der Waals surface area contributed by atoms with Crippen molar-refractivity contribution in [3.8, 4) is 0 Å². The summed E-state index contributed by atoms with van der Waals surface area (Å²) in [5.41, 5.74) is 0. The lowest BCUT2D eigenvalue weighted by Gasteiger charge is -2.20. The van der Waals surface area contributed by atoms with Crippen LogP contribution in [0.5, 0.6) is 0 Å². The third kappa shape index (κ3) is 10.3. The topological polar surface area (TPSA) is 38.8 Å². The lowest BCUT2D eigenvalue weighted by molar-refractivity contribution is 0.243. The van der Waals surface area contributed by atoms with Gasteiger partial charge in [-0.1, -0.05) is 6.42 Å². The lowest BCUT2D eigenvalue weighted by atomic mass is 10.1. The molecule has 4 nitrogen and oxygen atoms in total. The van der Waals surface area contributed by atoms with Gasteiger partial charge in [0, 0.05) is 4.57 Å². The van der Waals surface area contributed by atoms with Crippen molar-refractivity contribution in [2.24, 2.45) is 0 Å². The Morgan fingerprint density at radius 2 is 1.53 bits per heavy atom. The highest BCUT2D eigenvalue weighted by atomic mass is 31.1. The molecule has 0 bridgehead atoms. The zero-order chi connectivity index (χ0) is 11.5. The molecule has 15 heavy (non-hydrogen) atoms. The van der Waals surface area contributed by atoms with Gasteiger partial charge >= 0.3 is 8.25 Å². The van der Waals surface area contributed by atoms with E-state index in [2.05, 4.69) is 21.0 Å². The van der Waals surface area contributed by atoms with Gasteiger partial charge in [0.2, 0.25) is 0 Å². The van der Waals surface area contributed by atoms with Crippen LogP contribution in [-0.4, -0.2) is 38.3 Å². The summed E-state index contributed by atoms with van der Waals surface area (Å²) in [6.45, 7) is 7.06. The Morgan fingerprint density at radius 1 is 1.07 bits per heavy atom. The first kappa shape index (κ1) is 15.0. The third-order valence-electron chi connectivity index (χ3n) is 2.05. The highest BCUT2D eigenvalue weighted by Gasteiger charge is 2.15. The summed E-state index contributed by atoms with van der Waals surface area (Å²) in [5, 5.41) is 0. The van der Waals surface area contributed by atoms with Crippen LogP contribution in [0.1, 0.15) is 33.1 Å². The van der Waals surface area contributed by atoms with Gasteiger partial charge in [-0.25, -0.2) is 0 Å². The second kappa shape index (κ2) is 10.5. The maximum atomic E-state index is 10.3. The van der Waals surface area contributed by atoms with Gasteiger partial charge in [0.05, 0.1) is 0 Å². The Bertz CT molecular complexity index is 153. The second-order valence-electron chi connectivity index (χ2n) is 3.42. The van der Waals surface area contributed by atoms with Gasteiger partial charge < -0.3 is 4.90 Å². The Hall–Kier alpha value is -0.0200. The minimum Gasteiger partial charge on any atom is -0.306 e. The van der Waals surface area contributed by atoms with Gasteiger partial charge in [0.1, 0.15) is 13.2 Å². The molecule has 90 valence electrons. The van der Waals surface area contributed by atoms with Crippen molar-refractivity contribution in [3.05, 3.63) is 0 Å². The molecule has 0 N–H and O–H groups in total. The minimum absolute atomic E-state index is 0.440. The Labute approximate surface area is 93.9 Å². The summed E-state index contributed by atoms with van der Waals surface area (Å²) in [5.74, 6) is 0. The molecule has 0 saturated carbocycles. The first-order chi connectivity index (χ1) is 7.20. The van der Waals surface area contributed by atoms with E-state index in [1.54, 1.807) is 13.8 Å². The van der Waals surface area contributed by atoms with E-state index in [9.17, 15) is 4.57 Å². The maximum Gasteiger partial charge on any atom is 0.697 e. The molecule has 0 unspecified atom stereocenters. The van der Waals surface area contributed by atoms with Crippen molar-refractivity contribution in [3.63, 3.8) is 0 Å². The summed E-state index contributed by atoms with van der Waals surface area (Å²) >= 11 is 0. The standard InChI is InChI=1S/C6H13N.C4H10O3P/c1-7-5-3-2-4-6-7;1-3-6-8(5)7-4-2/h2-6H2,1H3;3-4H2,1-2H3/q;+1. The van der Waals surface area contributed by atoms with Crippen LogP contribution in [0.3, 0.4) is 0 Å². The van der Waals surface area contributed by atoms with E-state index in [-0.39, 0.29) is 0 Å². The summed E-state index contributed by atoms with van der Waals surface area (Å²) in [7, 11) is 0.363. The van der Waals surface area contributed by atoms with Gasteiger partial charge in [-0.15, -0.1) is 9.05 Å². The van der Waals surface area contributed by atoms with Gasteiger partial charge in [0.15, 0.2) is 0 Å². The Kier molecular flexibility index (Phi) is 10.5. The van der Waals surface area contributed by atoms with Crippen molar-refractivity contribution in [2.75, 3.05) is 33.4 Å². The van der Waals surface area contributed by atoms with Gasteiger partial charge in [-0.3, -0.25) is 0 Å². The van der Waals surface area contributed by atoms with E-state index in [1.165, 1.54) is 32.4 Å². The van der Waals surface area contributed by atoms with Crippen LogP contribution in [-0.2, 0) is 13.6 Å². The number of rotatable bonds is 4. The van der Waals surface area contributed by atoms with E-state index < -0.39 is 8.25 Å². The van der Waals surface area contributed by atoms with Gasteiger partial charge in [-0.2, -0.15) is 0 Å². The SMILES string of the molecule is CCO[P+](=O)OCC.CN1CCCCC1. The van der Waals surface area contributed by atoms with Crippen LogP contribution in [0.4, 0.5) is 0 Å². The Morgan fingerprint density at radius 3 is 1.80 bits per heavy atom. The summed E-state index contributed by atoms with van der Waals surface area (Å²) in [6.07, 6.45) is 4.28. The van der Waals surface area contributed by atoms with Crippen molar-refractivity contribution in [2.45, 2.75) is 33.1 Å². The fraction of sp³-hybridized carbons (Fsp3) is 1.00. The predicted molar refractivity (Wildman–Crippen MR) is 62.2 cm³/mol. The number of piperidine rings is 1. The molecule has 0 aliphatic carbocycles. The normalized spacial score (nSPS) is 16.7. The number of nitrogens with zero attached hydrogens (tertiary/aromatic N) is 1. The highest BCUT2D eigenvalue weighted by Crippen LogP contribution is 2.21. The third-order valence-corrected chi connectivity index (χ3v) is 2.99. The van der Waals surface area contributed by atoms with Crippen LogP contribution < -0.4 is 0 Å². The smallest absolute Gasteiger partial charge is 0.306 e. The quantitative estimate of drug-likeness (QED) is 0.703. The molecule has 0 radical (unpaired) electrons. The average molecular weight is 236 g/mol. The summed E-state index contributed by atoms with van der Waals surface area (Å²) in [4.78, 5) is 2.39. The van der Waals surface area contributed by atoms with Crippen LogP contribution in [0.2, 0.25) is 0 Å². The van der Waals surface area contributed by atoms with Crippen molar-refractivity contribution in [1.29, 1.82) is 0 Å².